The van der Waals surface area contributed by atoms with Crippen molar-refractivity contribution in [1.29, 1.82) is 0 Å². The summed E-state index contributed by atoms with van der Waals surface area (Å²) in [6, 6.07) is 5.09. The number of nitrogens with one attached hydrogen (secondary N) is 1. The molecule has 0 aromatic heterocycles. The lowest BCUT2D eigenvalue weighted by Gasteiger charge is -2.28. The first kappa shape index (κ1) is 9.72. The fourth-order valence-corrected chi connectivity index (χ4v) is 2.62. The standard InChI is InChI=1S/C13H19N/c1-9-7-8-10(2)13-11(9)5-4-6-12(13)14-3/h7-8,12,14H,4-6H2,1-3H3. The Morgan fingerprint density at radius 3 is 2.64 bits per heavy atom. The van der Waals surface area contributed by atoms with Gasteiger partial charge in [0.2, 0.25) is 0 Å². The number of aryl methyl sites for hydroxylation is 2. The molecule has 1 aromatic rings. The first-order valence-corrected chi connectivity index (χ1v) is 5.50. The summed E-state index contributed by atoms with van der Waals surface area (Å²) in [5.74, 6) is 0. The molecule has 2 rings (SSSR count). The monoisotopic (exact) mass is 189 g/mol. The summed E-state index contributed by atoms with van der Waals surface area (Å²) in [7, 11) is 2.07. The highest BCUT2D eigenvalue weighted by atomic mass is 14.9. The second-order valence-electron chi connectivity index (χ2n) is 4.33. The van der Waals surface area contributed by atoms with Gasteiger partial charge in [0.1, 0.15) is 0 Å². The molecule has 1 N–H and O–H groups in total. The van der Waals surface area contributed by atoms with E-state index in [4.69, 9.17) is 0 Å². The summed E-state index contributed by atoms with van der Waals surface area (Å²) in [5, 5.41) is 3.43. The van der Waals surface area contributed by atoms with E-state index in [9.17, 15) is 0 Å². The van der Waals surface area contributed by atoms with E-state index in [2.05, 4.69) is 38.3 Å². The van der Waals surface area contributed by atoms with Gasteiger partial charge in [0.05, 0.1) is 0 Å². The van der Waals surface area contributed by atoms with Crippen molar-refractivity contribution < 1.29 is 0 Å². The maximum Gasteiger partial charge on any atom is 0.0323 e. The smallest absolute Gasteiger partial charge is 0.0323 e. The zero-order valence-electron chi connectivity index (χ0n) is 9.35. The number of fused-ring (bicyclic) bond motifs is 1. The molecule has 1 nitrogen and oxygen atoms in total. The molecule has 0 heterocycles. The fraction of sp³-hybridized carbons (Fsp3) is 0.538. The van der Waals surface area contributed by atoms with Crippen LogP contribution in [-0.4, -0.2) is 7.05 Å². The summed E-state index contributed by atoms with van der Waals surface area (Å²) < 4.78 is 0. The van der Waals surface area contributed by atoms with Gasteiger partial charge in [-0.25, -0.2) is 0 Å². The molecule has 1 aliphatic rings. The van der Waals surface area contributed by atoms with Crippen molar-refractivity contribution in [2.24, 2.45) is 0 Å². The molecule has 0 saturated heterocycles. The first-order valence-electron chi connectivity index (χ1n) is 5.50. The van der Waals surface area contributed by atoms with Crippen molar-refractivity contribution in [3.63, 3.8) is 0 Å². The van der Waals surface area contributed by atoms with Crippen LogP contribution in [0.3, 0.4) is 0 Å². The summed E-state index contributed by atoms with van der Waals surface area (Å²) in [6.07, 6.45) is 3.87. The van der Waals surface area contributed by atoms with Crippen molar-refractivity contribution >= 4 is 0 Å². The van der Waals surface area contributed by atoms with Gasteiger partial charge in [0.15, 0.2) is 0 Å². The van der Waals surface area contributed by atoms with E-state index in [1.165, 1.54) is 30.4 Å². The highest BCUT2D eigenvalue weighted by Crippen LogP contribution is 2.33. The minimum absolute atomic E-state index is 0.582. The molecule has 1 aromatic carbocycles. The van der Waals surface area contributed by atoms with E-state index in [0.717, 1.165) is 0 Å². The molecular formula is C13H19N. The minimum atomic E-state index is 0.582. The fourth-order valence-electron chi connectivity index (χ4n) is 2.62. The predicted molar refractivity (Wildman–Crippen MR) is 60.7 cm³/mol. The van der Waals surface area contributed by atoms with Gasteiger partial charge in [-0.05, 0) is 62.4 Å². The average Bonchev–Trinajstić information content (AvgIpc) is 2.23. The molecular weight excluding hydrogens is 170 g/mol. The minimum Gasteiger partial charge on any atom is -0.313 e. The van der Waals surface area contributed by atoms with Gasteiger partial charge >= 0.3 is 0 Å². The Morgan fingerprint density at radius 2 is 1.93 bits per heavy atom. The normalized spacial score (nSPS) is 20.6. The molecule has 0 radical (unpaired) electrons. The van der Waals surface area contributed by atoms with Crippen molar-refractivity contribution in [2.45, 2.75) is 39.2 Å². The van der Waals surface area contributed by atoms with Crippen LogP contribution >= 0.6 is 0 Å². The Labute approximate surface area is 86.5 Å². The van der Waals surface area contributed by atoms with Gasteiger partial charge in [0.25, 0.3) is 0 Å². The Morgan fingerprint density at radius 1 is 1.21 bits per heavy atom. The third-order valence-electron chi connectivity index (χ3n) is 3.43. The summed E-state index contributed by atoms with van der Waals surface area (Å²) in [5.41, 5.74) is 6.07. The third kappa shape index (κ3) is 1.46. The SMILES string of the molecule is CNC1CCCc2c(C)ccc(C)c21. The van der Waals surface area contributed by atoms with Crippen molar-refractivity contribution in [2.75, 3.05) is 7.05 Å². The zero-order chi connectivity index (χ0) is 10.1. The van der Waals surface area contributed by atoms with Crippen molar-refractivity contribution in [3.8, 4) is 0 Å². The lowest BCUT2D eigenvalue weighted by Crippen LogP contribution is -2.23. The van der Waals surface area contributed by atoms with Gasteiger partial charge in [-0.3, -0.25) is 0 Å². The molecule has 1 unspecified atom stereocenters. The van der Waals surface area contributed by atoms with Gasteiger partial charge in [0, 0.05) is 6.04 Å². The molecule has 76 valence electrons. The van der Waals surface area contributed by atoms with E-state index in [1.54, 1.807) is 11.1 Å². The van der Waals surface area contributed by atoms with Gasteiger partial charge < -0.3 is 5.32 Å². The van der Waals surface area contributed by atoms with E-state index < -0.39 is 0 Å². The van der Waals surface area contributed by atoms with Crippen LogP contribution in [-0.2, 0) is 6.42 Å². The molecule has 0 saturated carbocycles. The Kier molecular flexibility index (Phi) is 2.60. The quantitative estimate of drug-likeness (QED) is 0.716. The number of hydrogen-bond donors (Lipinski definition) is 1. The van der Waals surface area contributed by atoms with Crippen molar-refractivity contribution in [1.82, 2.24) is 5.32 Å². The Bertz CT molecular complexity index is 341. The molecule has 0 fully saturated rings. The number of rotatable bonds is 1. The third-order valence-corrected chi connectivity index (χ3v) is 3.43. The zero-order valence-corrected chi connectivity index (χ0v) is 9.35. The Balaban J connectivity index is 2.55. The van der Waals surface area contributed by atoms with Crippen LogP contribution in [0.5, 0.6) is 0 Å². The van der Waals surface area contributed by atoms with Gasteiger partial charge in [-0.15, -0.1) is 0 Å². The molecule has 0 aliphatic heterocycles. The van der Waals surface area contributed by atoms with Gasteiger partial charge in [-0.2, -0.15) is 0 Å². The molecule has 0 amide bonds. The summed E-state index contributed by atoms with van der Waals surface area (Å²) >= 11 is 0. The largest absolute Gasteiger partial charge is 0.313 e. The van der Waals surface area contributed by atoms with Crippen LogP contribution in [0.25, 0.3) is 0 Å². The van der Waals surface area contributed by atoms with Gasteiger partial charge in [-0.1, -0.05) is 12.1 Å². The number of benzene rings is 1. The summed E-state index contributed by atoms with van der Waals surface area (Å²) in [4.78, 5) is 0. The van der Waals surface area contributed by atoms with Crippen LogP contribution < -0.4 is 5.32 Å². The Hall–Kier alpha value is -0.820. The molecule has 14 heavy (non-hydrogen) atoms. The number of hydrogen-bond acceptors (Lipinski definition) is 1. The lowest BCUT2D eigenvalue weighted by molar-refractivity contribution is 0.493. The van der Waals surface area contributed by atoms with Crippen molar-refractivity contribution in [3.05, 3.63) is 34.4 Å². The highest BCUT2D eigenvalue weighted by molar-refractivity contribution is 5.43. The second kappa shape index (κ2) is 3.74. The van der Waals surface area contributed by atoms with Crippen LogP contribution in [0.2, 0.25) is 0 Å². The highest BCUT2D eigenvalue weighted by Gasteiger charge is 2.21. The van der Waals surface area contributed by atoms with E-state index in [0.29, 0.717) is 6.04 Å². The van der Waals surface area contributed by atoms with Crippen LogP contribution in [0, 0.1) is 13.8 Å². The molecule has 1 atom stereocenters. The molecule has 1 heteroatoms. The summed E-state index contributed by atoms with van der Waals surface area (Å²) in [6.45, 7) is 4.46. The van der Waals surface area contributed by atoms with Crippen LogP contribution in [0.15, 0.2) is 12.1 Å². The predicted octanol–water partition coefficient (Wildman–Crippen LogP) is 2.90. The molecule has 0 bridgehead atoms. The van der Waals surface area contributed by atoms with Crippen LogP contribution in [0.4, 0.5) is 0 Å². The van der Waals surface area contributed by atoms with Crippen LogP contribution in [0.1, 0.15) is 41.1 Å². The molecule has 0 spiro atoms. The second-order valence-corrected chi connectivity index (χ2v) is 4.33. The van der Waals surface area contributed by atoms with E-state index in [1.807, 2.05) is 0 Å². The first-order chi connectivity index (χ1) is 6.74. The van der Waals surface area contributed by atoms with E-state index >= 15 is 0 Å². The topological polar surface area (TPSA) is 12.0 Å². The maximum absolute atomic E-state index is 3.43. The maximum atomic E-state index is 3.43. The molecule has 1 aliphatic carbocycles. The lowest BCUT2D eigenvalue weighted by atomic mass is 9.83. The average molecular weight is 189 g/mol. The van der Waals surface area contributed by atoms with E-state index in [-0.39, 0.29) is 0 Å².